The van der Waals surface area contributed by atoms with Crippen LogP contribution in [0.15, 0.2) is 0 Å². The minimum Gasteiger partial charge on any atom is -0.469 e. The van der Waals surface area contributed by atoms with Crippen molar-refractivity contribution in [3.05, 3.63) is 0 Å². The molecule has 1 unspecified atom stereocenters. The van der Waals surface area contributed by atoms with E-state index in [9.17, 15) is 4.79 Å². The molecule has 1 aliphatic carbocycles. The van der Waals surface area contributed by atoms with Crippen molar-refractivity contribution >= 4 is 21.9 Å². The number of esters is 1. The Kier molecular flexibility index (Phi) is 1.56. The SMILES string of the molecule is COC(=O)C1C[C@H]1Br. The predicted octanol–water partition coefficient (Wildman–Crippen LogP) is 0.943. The fourth-order valence-corrected chi connectivity index (χ4v) is 1.18. The normalized spacial score (nSPS) is 34.2. The molecule has 1 saturated carbocycles. The summed E-state index contributed by atoms with van der Waals surface area (Å²) in [6.07, 6.45) is 0.937. The van der Waals surface area contributed by atoms with Crippen LogP contribution in [-0.4, -0.2) is 17.9 Å². The summed E-state index contributed by atoms with van der Waals surface area (Å²) in [5, 5.41) is 0. The van der Waals surface area contributed by atoms with Crippen molar-refractivity contribution in [3.63, 3.8) is 0 Å². The van der Waals surface area contributed by atoms with E-state index in [2.05, 4.69) is 20.7 Å². The van der Waals surface area contributed by atoms with Gasteiger partial charge in [0.2, 0.25) is 0 Å². The number of alkyl halides is 1. The number of carbonyl (C=O) groups excluding carboxylic acids is 1. The Morgan fingerprint density at radius 3 is 2.50 bits per heavy atom. The molecule has 1 rings (SSSR count). The summed E-state index contributed by atoms with van der Waals surface area (Å²) >= 11 is 3.29. The second-order valence-electron chi connectivity index (χ2n) is 1.88. The first kappa shape index (κ1) is 6.08. The van der Waals surface area contributed by atoms with Crippen LogP contribution < -0.4 is 0 Å². The van der Waals surface area contributed by atoms with E-state index >= 15 is 0 Å². The van der Waals surface area contributed by atoms with Crippen LogP contribution in [0, 0.1) is 5.92 Å². The fourth-order valence-electron chi connectivity index (χ4n) is 0.559. The lowest BCUT2D eigenvalue weighted by molar-refractivity contribution is -0.142. The first-order valence-corrected chi connectivity index (χ1v) is 3.39. The highest BCUT2D eigenvalue weighted by Crippen LogP contribution is 2.38. The molecule has 0 aromatic rings. The molecule has 2 nitrogen and oxygen atoms in total. The van der Waals surface area contributed by atoms with Crippen LogP contribution in [0.1, 0.15) is 6.42 Å². The van der Waals surface area contributed by atoms with Crippen molar-refractivity contribution < 1.29 is 9.53 Å². The van der Waals surface area contributed by atoms with E-state index in [1.54, 1.807) is 0 Å². The molecule has 1 aliphatic rings. The van der Waals surface area contributed by atoms with Crippen LogP contribution in [-0.2, 0) is 9.53 Å². The van der Waals surface area contributed by atoms with Crippen LogP contribution in [0.2, 0.25) is 0 Å². The molecule has 0 heterocycles. The quantitative estimate of drug-likeness (QED) is 0.442. The van der Waals surface area contributed by atoms with Crippen molar-refractivity contribution in [3.8, 4) is 0 Å². The van der Waals surface area contributed by atoms with E-state index in [0.717, 1.165) is 6.42 Å². The summed E-state index contributed by atoms with van der Waals surface area (Å²) in [6, 6.07) is 0. The van der Waals surface area contributed by atoms with Gasteiger partial charge in [-0.25, -0.2) is 0 Å². The number of hydrogen-bond acceptors (Lipinski definition) is 2. The van der Waals surface area contributed by atoms with Gasteiger partial charge in [-0.05, 0) is 6.42 Å². The molecule has 0 spiro atoms. The Hall–Kier alpha value is -0.0500. The lowest BCUT2D eigenvalue weighted by atomic mass is 10.4. The van der Waals surface area contributed by atoms with Gasteiger partial charge < -0.3 is 4.74 Å². The summed E-state index contributed by atoms with van der Waals surface area (Å²) < 4.78 is 4.48. The molecule has 3 heteroatoms. The molecule has 0 amide bonds. The highest BCUT2D eigenvalue weighted by molar-refractivity contribution is 9.09. The molecule has 1 fully saturated rings. The molecular formula is C5H7BrO2. The van der Waals surface area contributed by atoms with Gasteiger partial charge in [-0.1, -0.05) is 15.9 Å². The third kappa shape index (κ3) is 1.02. The van der Waals surface area contributed by atoms with Crippen molar-refractivity contribution in [1.82, 2.24) is 0 Å². The van der Waals surface area contributed by atoms with Crippen molar-refractivity contribution in [2.75, 3.05) is 7.11 Å². The van der Waals surface area contributed by atoms with Crippen LogP contribution in [0.4, 0.5) is 0 Å². The zero-order valence-corrected chi connectivity index (χ0v) is 6.14. The van der Waals surface area contributed by atoms with Crippen molar-refractivity contribution in [2.45, 2.75) is 11.2 Å². The van der Waals surface area contributed by atoms with Gasteiger partial charge in [-0.3, -0.25) is 4.79 Å². The molecule has 8 heavy (non-hydrogen) atoms. The molecule has 0 aromatic carbocycles. The van der Waals surface area contributed by atoms with Gasteiger partial charge in [-0.2, -0.15) is 0 Å². The van der Waals surface area contributed by atoms with E-state index in [1.807, 2.05) is 0 Å². The summed E-state index contributed by atoms with van der Waals surface area (Å²) in [6.45, 7) is 0. The maximum absolute atomic E-state index is 10.5. The van der Waals surface area contributed by atoms with E-state index < -0.39 is 0 Å². The number of methoxy groups -OCH3 is 1. The van der Waals surface area contributed by atoms with Gasteiger partial charge in [0.25, 0.3) is 0 Å². The number of halogens is 1. The van der Waals surface area contributed by atoms with Gasteiger partial charge in [0.05, 0.1) is 13.0 Å². The van der Waals surface area contributed by atoms with Crippen molar-refractivity contribution in [2.24, 2.45) is 5.92 Å². The Morgan fingerprint density at radius 1 is 1.88 bits per heavy atom. The van der Waals surface area contributed by atoms with Gasteiger partial charge in [0.1, 0.15) is 0 Å². The number of hydrogen-bond donors (Lipinski definition) is 0. The molecule has 0 N–H and O–H groups in total. The van der Waals surface area contributed by atoms with E-state index in [4.69, 9.17) is 0 Å². The van der Waals surface area contributed by atoms with Gasteiger partial charge in [-0.15, -0.1) is 0 Å². The highest BCUT2D eigenvalue weighted by Gasteiger charge is 2.41. The summed E-state index contributed by atoms with van der Waals surface area (Å²) in [7, 11) is 1.42. The van der Waals surface area contributed by atoms with E-state index in [-0.39, 0.29) is 11.9 Å². The largest absolute Gasteiger partial charge is 0.469 e. The average molecular weight is 179 g/mol. The first-order chi connectivity index (χ1) is 3.75. The third-order valence-corrected chi connectivity index (χ3v) is 2.23. The van der Waals surface area contributed by atoms with Crippen molar-refractivity contribution in [1.29, 1.82) is 0 Å². The molecule has 46 valence electrons. The van der Waals surface area contributed by atoms with Gasteiger partial charge in [0, 0.05) is 4.83 Å². The second kappa shape index (κ2) is 2.05. The Morgan fingerprint density at radius 2 is 2.38 bits per heavy atom. The standard InChI is InChI=1S/C5H7BrO2/c1-8-5(7)3-2-4(3)6/h3-4H,2H2,1H3/t3?,4-/m1/s1. The maximum Gasteiger partial charge on any atom is 0.309 e. The Labute approximate surface area is 56.3 Å². The molecular weight excluding hydrogens is 172 g/mol. The number of rotatable bonds is 1. The van der Waals surface area contributed by atoms with Crippen LogP contribution >= 0.6 is 15.9 Å². The molecule has 0 bridgehead atoms. The highest BCUT2D eigenvalue weighted by atomic mass is 79.9. The molecule has 0 aliphatic heterocycles. The summed E-state index contributed by atoms with van der Waals surface area (Å²) in [5.74, 6) is 0.0480. The lowest BCUT2D eigenvalue weighted by Gasteiger charge is -1.90. The molecule has 0 radical (unpaired) electrons. The monoisotopic (exact) mass is 178 g/mol. The second-order valence-corrected chi connectivity index (χ2v) is 3.06. The van der Waals surface area contributed by atoms with Crippen LogP contribution in [0.25, 0.3) is 0 Å². The molecule has 0 aromatic heterocycles. The Balaban J connectivity index is 2.28. The van der Waals surface area contributed by atoms with Gasteiger partial charge >= 0.3 is 5.97 Å². The average Bonchev–Trinajstić information content (AvgIpc) is 2.45. The summed E-state index contributed by atoms with van der Waals surface area (Å²) in [4.78, 5) is 10.9. The zero-order valence-electron chi connectivity index (χ0n) is 4.56. The lowest BCUT2D eigenvalue weighted by Crippen LogP contribution is -2.03. The van der Waals surface area contributed by atoms with E-state index in [1.165, 1.54) is 7.11 Å². The predicted molar refractivity (Wildman–Crippen MR) is 32.8 cm³/mol. The minimum atomic E-state index is -0.0909. The topological polar surface area (TPSA) is 26.3 Å². The maximum atomic E-state index is 10.5. The fraction of sp³-hybridized carbons (Fsp3) is 0.800. The smallest absolute Gasteiger partial charge is 0.309 e. The summed E-state index contributed by atoms with van der Waals surface area (Å²) in [5.41, 5.74) is 0. The number of carbonyl (C=O) groups is 1. The van der Waals surface area contributed by atoms with Gasteiger partial charge in [0.15, 0.2) is 0 Å². The number of ether oxygens (including phenoxy) is 1. The molecule has 0 saturated heterocycles. The van der Waals surface area contributed by atoms with E-state index in [0.29, 0.717) is 4.83 Å². The van der Waals surface area contributed by atoms with Crippen LogP contribution in [0.5, 0.6) is 0 Å². The zero-order chi connectivity index (χ0) is 6.15. The minimum absolute atomic E-state index is 0.0909. The Bertz CT molecular complexity index is 113. The third-order valence-electron chi connectivity index (χ3n) is 1.22. The first-order valence-electron chi connectivity index (χ1n) is 2.47. The van der Waals surface area contributed by atoms with Crippen LogP contribution in [0.3, 0.4) is 0 Å². The molecule has 2 atom stereocenters.